The quantitative estimate of drug-likeness (QED) is 0.707. The molecule has 0 bridgehead atoms. The van der Waals surface area contributed by atoms with Crippen LogP contribution in [0.15, 0.2) is 60.7 Å². The van der Waals surface area contributed by atoms with E-state index in [4.69, 9.17) is 0 Å². The lowest BCUT2D eigenvalue weighted by Gasteiger charge is -2.21. The fourth-order valence-electron chi connectivity index (χ4n) is 2.72. The van der Waals surface area contributed by atoms with Gasteiger partial charge in [0.2, 0.25) is 0 Å². The van der Waals surface area contributed by atoms with Crippen molar-refractivity contribution in [1.82, 2.24) is 14.9 Å². The molecule has 0 atom stereocenters. The minimum absolute atomic E-state index is 0.158. The number of hydrogen-bond donors (Lipinski definition) is 1. The maximum atomic E-state index is 13.1. The van der Waals surface area contributed by atoms with Crippen molar-refractivity contribution in [3.8, 4) is 0 Å². The van der Waals surface area contributed by atoms with Gasteiger partial charge in [-0.3, -0.25) is 4.79 Å². The minimum atomic E-state index is -0.310. The van der Waals surface area contributed by atoms with Crippen LogP contribution in [0.25, 0.3) is 0 Å². The van der Waals surface area contributed by atoms with Crippen LogP contribution in [0.1, 0.15) is 28.8 Å². The molecule has 1 heterocycles. The zero-order chi connectivity index (χ0) is 19.2. The van der Waals surface area contributed by atoms with Crippen LogP contribution < -0.4 is 5.32 Å². The van der Waals surface area contributed by atoms with Gasteiger partial charge in [-0.2, -0.15) is 0 Å². The van der Waals surface area contributed by atoms with E-state index in [9.17, 15) is 9.18 Å². The first-order chi connectivity index (χ1) is 13.0. The van der Waals surface area contributed by atoms with Crippen molar-refractivity contribution in [2.75, 3.05) is 11.9 Å². The lowest BCUT2D eigenvalue weighted by Crippen LogP contribution is -2.31. The molecule has 0 saturated carbocycles. The summed E-state index contributed by atoms with van der Waals surface area (Å²) in [5, 5.41) is 3.09. The smallest absolute Gasteiger partial charge is 0.272 e. The molecule has 1 aromatic heterocycles. The number of nitrogens with zero attached hydrogens (tertiary/aromatic N) is 3. The number of rotatable bonds is 6. The van der Waals surface area contributed by atoms with Gasteiger partial charge < -0.3 is 10.2 Å². The maximum absolute atomic E-state index is 13.1. The highest BCUT2D eigenvalue weighted by atomic mass is 19.1. The van der Waals surface area contributed by atoms with E-state index in [-0.39, 0.29) is 11.7 Å². The summed E-state index contributed by atoms with van der Waals surface area (Å²) in [6.07, 6.45) is 0. The summed E-state index contributed by atoms with van der Waals surface area (Å²) in [5.41, 5.74) is 2.07. The van der Waals surface area contributed by atoms with Crippen LogP contribution in [0, 0.1) is 12.7 Å². The second-order valence-electron chi connectivity index (χ2n) is 6.12. The second-order valence-corrected chi connectivity index (χ2v) is 6.12. The number of carbonyl (C=O) groups excluding carboxylic acids is 1. The standard InChI is InChI=1S/C21H21FN4O/c1-3-26(14-16-7-5-4-6-8-16)21(27)19-13-20(24-15(2)23-19)25-18-11-9-17(22)10-12-18/h4-13H,3,14H2,1-2H3,(H,23,24,25). The maximum Gasteiger partial charge on any atom is 0.272 e. The van der Waals surface area contributed by atoms with Crippen molar-refractivity contribution in [2.24, 2.45) is 0 Å². The largest absolute Gasteiger partial charge is 0.340 e. The van der Waals surface area contributed by atoms with E-state index in [0.717, 1.165) is 5.56 Å². The van der Waals surface area contributed by atoms with Crippen molar-refractivity contribution in [2.45, 2.75) is 20.4 Å². The average molecular weight is 364 g/mol. The Balaban J connectivity index is 1.81. The Bertz CT molecular complexity index is 913. The summed E-state index contributed by atoms with van der Waals surface area (Å²) in [7, 11) is 0. The van der Waals surface area contributed by atoms with Crippen molar-refractivity contribution in [3.63, 3.8) is 0 Å². The number of carbonyl (C=O) groups is 1. The zero-order valence-electron chi connectivity index (χ0n) is 15.3. The van der Waals surface area contributed by atoms with E-state index in [2.05, 4.69) is 15.3 Å². The molecule has 0 aliphatic rings. The predicted molar refractivity (Wildman–Crippen MR) is 103 cm³/mol. The van der Waals surface area contributed by atoms with Gasteiger partial charge in [-0.05, 0) is 43.7 Å². The first-order valence-electron chi connectivity index (χ1n) is 8.76. The van der Waals surface area contributed by atoms with Crippen LogP contribution in [0.4, 0.5) is 15.9 Å². The molecule has 27 heavy (non-hydrogen) atoms. The number of anilines is 2. The van der Waals surface area contributed by atoms with Gasteiger partial charge in [0.15, 0.2) is 0 Å². The third-order valence-electron chi connectivity index (χ3n) is 4.06. The minimum Gasteiger partial charge on any atom is -0.340 e. The SMILES string of the molecule is CCN(Cc1ccccc1)C(=O)c1cc(Nc2ccc(F)cc2)nc(C)n1. The number of amides is 1. The zero-order valence-corrected chi connectivity index (χ0v) is 15.3. The molecule has 0 fully saturated rings. The molecule has 3 aromatic rings. The van der Waals surface area contributed by atoms with Crippen LogP contribution in [0.2, 0.25) is 0 Å². The summed E-state index contributed by atoms with van der Waals surface area (Å²) >= 11 is 0. The van der Waals surface area contributed by atoms with Crippen molar-refractivity contribution in [3.05, 3.63) is 83.6 Å². The average Bonchev–Trinajstić information content (AvgIpc) is 2.68. The molecule has 0 aliphatic heterocycles. The molecule has 0 unspecified atom stereocenters. The molecular weight excluding hydrogens is 343 g/mol. The third kappa shape index (κ3) is 4.88. The number of hydrogen-bond acceptors (Lipinski definition) is 4. The van der Waals surface area contributed by atoms with Crippen LogP contribution in [-0.4, -0.2) is 27.3 Å². The Labute approximate surface area is 157 Å². The summed E-state index contributed by atoms with van der Waals surface area (Å²) < 4.78 is 13.1. The van der Waals surface area contributed by atoms with E-state index >= 15 is 0 Å². The van der Waals surface area contributed by atoms with E-state index < -0.39 is 0 Å². The van der Waals surface area contributed by atoms with Gasteiger partial charge in [0, 0.05) is 24.8 Å². The van der Waals surface area contributed by atoms with Crippen LogP contribution in [0.3, 0.4) is 0 Å². The molecular formula is C21H21FN4O. The lowest BCUT2D eigenvalue weighted by molar-refractivity contribution is 0.0746. The fourth-order valence-corrected chi connectivity index (χ4v) is 2.72. The Morgan fingerprint density at radius 2 is 1.78 bits per heavy atom. The first kappa shape index (κ1) is 18.5. The Morgan fingerprint density at radius 1 is 1.07 bits per heavy atom. The highest BCUT2D eigenvalue weighted by molar-refractivity contribution is 5.93. The van der Waals surface area contributed by atoms with E-state index in [0.29, 0.717) is 36.1 Å². The molecule has 0 radical (unpaired) electrons. The van der Waals surface area contributed by atoms with Crippen LogP contribution >= 0.6 is 0 Å². The van der Waals surface area contributed by atoms with Crippen LogP contribution in [0.5, 0.6) is 0 Å². The molecule has 6 heteroatoms. The number of benzene rings is 2. The Hall–Kier alpha value is -3.28. The molecule has 2 aromatic carbocycles. The topological polar surface area (TPSA) is 58.1 Å². The summed E-state index contributed by atoms with van der Waals surface area (Å²) in [6, 6.07) is 17.4. The molecule has 1 N–H and O–H groups in total. The number of halogens is 1. The van der Waals surface area contributed by atoms with Gasteiger partial charge in [0.25, 0.3) is 5.91 Å². The van der Waals surface area contributed by atoms with E-state index in [1.165, 1.54) is 12.1 Å². The van der Waals surface area contributed by atoms with Gasteiger partial charge in [-0.1, -0.05) is 30.3 Å². The predicted octanol–water partition coefficient (Wildman–Crippen LogP) is 4.33. The summed E-state index contributed by atoms with van der Waals surface area (Å²) in [5.74, 6) is 0.512. The number of nitrogens with one attached hydrogen (secondary N) is 1. The molecule has 0 saturated heterocycles. The second kappa shape index (κ2) is 8.40. The molecule has 3 rings (SSSR count). The van der Waals surface area contributed by atoms with E-state index in [1.807, 2.05) is 37.3 Å². The van der Waals surface area contributed by atoms with Crippen LogP contribution in [-0.2, 0) is 6.54 Å². The monoisotopic (exact) mass is 364 g/mol. The van der Waals surface area contributed by atoms with Gasteiger partial charge in [-0.25, -0.2) is 14.4 Å². The molecule has 0 aliphatic carbocycles. The first-order valence-corrected chi connectivity index (χ1v) is 8.76. The molecule has 0 spiro atoms. The van der Waals surface area contributed by atoms with Gasteiger partial charge in [0.1, 0.15) is 23.2 Å². The Kier molecular flexibility index (Phi) is 5.76. The van der Waals surface area contributed by atoms with Gasteiger partial charge >= 0.3 is 0 Å². The van der Waals surface area contributed by atoms with Crippen molar-refractivity contribution < 1.29 is 9.18 Å². The summed E-state index contributed by atoms with van der Waals surface area (Å²) in [4.78, 5) is 23.3. The Morgan fingerprint density at radius 3 is 2.44 bits per heavy atom. The summed E-state index contributed by atoms with van der Waals surface area (Å²) in [6.45, 7) is 4.75. The molecule has 1 amide bonds. The van der Waals surface area contributed by atoms with Crippen molar-refractivity contribution in [1.29, 1.82) is 0 Å². The number of aromatic nitrogens is 2. The van der Waals surface area contributed by atoms with Gasteiger partial charge in [0.05, 0.1) is 0 Å². The normalized spacial score (nSPS) is 10.5. The van der Waals surface area contributed by atoms with E-state index in [1.54, 1.807) is 30.0 Å². The lowest BCUT2D eigenvalue weighted by atomic mass is 10.2. The fraction of sp³-hybridized carbons (Fsp3) is 0.190. The molecule has 5 nitrogen and oxygen atoms in total. The highest BCUT2D eigenvalue weighted by Gasteiger charge is 2.17. The number of aryl methyl sites for hydroxylation is 1. The molecule has 138 valence electrons. The third-order valence-corrected chi connectivity index (χ3v) is 4.06. The van der Waals surface area contributed by atoms with Gasteiger partial charge in [-0.15, -0.1) is 0 Å². The van der Waals surface area contributed by atoms with Crippen molar-refractivity contribution >= 4 is 17.4 Å². The highest BCUT2D eigenvalue weighted by Crippen LogP contribution is 2.17.